The predicted molar refractivity (Wildman–Crippen MR) is 134 cm³/mol. The van der Waals surface area contributed by atoms with Crippen molar-refractivity contribution in [2.45, 2.75) is 51.6 Å². The van der Waals surface area contributed by atoms with Gasteiger partial charge in [0.1, 0.15) is 11.5 Å². The Morgan fingerprint density at radius 2 is 1.76 bits per heavy atom. The lowest BCUT2D eigenvalue weighted by atomic mass is 9.94. The quantitative estimate of drug-likeness (QED) is 0.350. The zero-order valence-electron chi connectivity index (χ0n) is 20.5. The minimum absolute atomic E-state index is 0.000912. The maximum absolute atomic E-state index is 13.3. The molecule has 1 saturated carbocycles. The summed E-state index contributed by atoms with van der Waals surface area (Å²) in [7, 11) is 3.93. The molecule has 0 bridgehead atoms. The van der Waals surface area contributed by atoms with E-state index in [1.807, 2.05) is 49.3 Å². The van der Waals surface area contributed by atoms with E-state index in [1.165, 1.54) is 0 Å². The van der Waals surface area contributed by atoms with Crippen molar-refractivity contribution < 1.29 is 19.4 Å². The summed E-state index contributed by atoms with van der Waals surface area (Å²) in [6.07, 6.45) is 3.82. The van der Waals surface area contributed by atoms with Gasteiger partial charge in [-0.15, -0.1) is 0 Å². The van der Waals surface area contributed by atoms with Crippen LogP contribution in [0.4, 0.5) is 5.69 Å². The summed E-state index contributed by atoms with van der Waals surface area (Å²) >= 11 is 0. The van der Waals surface area contributed by atoms with Gasteiger partial charge in [0.15, 0.2) is 0 Å². The van der Waals surface area contributed by atoms with Crippen molar-refractivity contribution in [2.24, 2.45) is 5.92 Å². The summed E-state index contributed by atoms with van der Waals surface area (Å²) in [5.41, 5.74) is 2.47. The molecule has 0 aromatic heterocycles. The lowest BCUT2D eigenvalue weighted by molar-refractivity contribution is -0.141. The van der Waals surface area contributed by atoms with Crippen molar-refractivity contribution in [1.82, 2.24) is 4.90 Å². The van der Waals surface area contributed by atoms with Crippen molar-refractivity contribution in [3.8, 4) is 5.75 Å². The SMILES string of the molecule is CC(C)COc1cccc(/C(O)=C2/C(=O)C(=O)N(C3CCCC3)C2c2ccc(N(C)C)cc2)c1. The number of anilines is 1. The van der Waals surface area contributed by atoms with E-state index in [9.17, 15) is 14.7 Å². The van der Waals surface area contributed by atoms with E-state index in [2.05, 4.69) is 13.8 Å². The average molecular weight is 463 g/mol. The molecule has 34 heavy (non-hydrogen) atoms. The number of aliphatic hydroxyl groups excluding tert-OH is 1. The van der Waals surface area contributed by atoms with Gasteiger partial charge in [0.05, 0.1) is 18.2 Å². The molecular weight excluding hydrogens is 428 g/mol. The van der Waals surface area contributed by atoms with Gasteiger partial charge in [-0.05, 0) is 48.6 Å². The van der Waals surface area contributed by atoms with Crippen LogP contribution in [-0.2, 0) is 9.59 Å². The van der Waals surface area contributed by atoms with Gasteiger partial charge in [0.2, 0.25) is 0 Å². The Morgan fingerprint density at radius 3 is 2.38 bits per heavy atom. The van der Waals surface area contributed by atoms with Crippen LogP contribution in [0.15, 0.2) is 54.1 Å². The standard InChI is InChI=1S/C28H34N2O4/c1-18(2)17-34-23-11-7-8-20(16-23)26(31)24-25(19-12-14-21(15-13-19)29(3)4)30(28(33)27(24)32)22-9-5-6-10-22/h7-8,11-16,18,22,25,31H,5-6,9-10,17H2,1-4H3/b26-24-. The summed E-state index contributed by atoms with van der Waals surface area (Å²) in [4.78, 5) is 30.3. The first kappa shape index (κ1) is 23.9. The second kappa shape index (κ2) is 9.92. The monoisotopic (exact) mass is 462 g/mol. The highest BCUT2D eigenvalue weighted by atomic mass is 16.5. The fourth-order valence-electron chi connectivity index (χ4n) is 4.84. The molecular formula is C28H34N2O4. The largest absolute Gasteiger partial charge is 0.507 e. The van der Waals surface area contributed by atoms with Gasteiger partial charge < -0.3 is 19.6 Å². The van der Waals surface area contributed by atoms with Crippen LogP contribution in [0.2, 0.25) is 0 Å². The summed E-state index contributed by atoms with van der Waals surface area (Å²) in [5, 5.41) is 11.4. The van der Waals surface area contributed by atoms with Crippen LogP contribution in [0, 0.1) is 5.92 Å². The lowest BCUT2D eigenvalue weighted by Gasteiger charge is -2.31. The van der Waals surface area contributed by atoms with Gasteiger partial charge in [0, 0.05) is 31.4 Å². The van der Waals surface area contributed by atoms with E-state index >= 15 is 0 Å². The molecule has 1 atom stereocenters. The third kappa shape index (κ3) is 4.67. The normalized spacial score (nSPS) is 20.4. The van der Waals surface area contributed by atoms with Crippen LogP contribution in [-0.4, -0.2) is 48.4 Å². The third-order valence-corrected chi connectivity index (χ3v) is 6.61. The number of benzene rings is 2. The van der Waals surface area contributed by atoms with E-state index < -0.39 is 17.7 Å². The van der Waals surface area contributed by atoms with Crippen molar-refractivity contribution in [3.05, 3.63) is 65.2 Å². The van der Waals surface area contributed by atoms with E-state index in [0.717, 1.165) is 36.9 Å². The maximum atomic E-state index is 13.3. The lowest BCUT2D eigenvalue weighted by Crippen LogP contribution is -2.37. The first-order valence-electron chi connectivity index (χ1n) is 12.1. The Balaban J connectivity index is 1.79. The highest BCUT2D eigenvalue weighted by Crippen LogP contribution is 2.43. The first-order chi connectivity index (χ1) is 16.3. The third-order valence-electron chi connectivity index (χ3n) is 6.61. The highest BCUT2D eigenvalue weighted by Gasteiger charge is 2.49. The number of ether oxygens (including phenoxy) is 1. The van der Waals surface area contributed by atoms with Crippen molar-refractivity contribution in [2.75, 3.05) is 25.6 Å². The van der Waals surface area contributed by atoms with Crippen LogP contribution >= 0.6 is 0 Å². The van der Waals surface area contributed by atoms with Gasteiger partial charge >= 0.3 is 0 Å². The van der Waals surface area contributed by atoms with Gasteiger partial charge in [-0.2, -0.15) is 0 Å². The number of Topliss-reactive ketones (excluding diaryl/α,β-unsaturated/α-hetero) is 1. The highest BCUT2D eigenvalue weighted by molar-refractivity contribution is 6.46. The second-order valence-electron chi connectivity index (χ2n) is 9.86. The Bertz CT molecular complexity index is 1080. The summed E-state index contributed by atoms with van der Waals surface area (Å²) < 4.78 is 5.82. The number of carbonyl (C=O) groups is 2. The van der Waals surface area contributed by atoms with Gasteiger partial charge in [-0.25, -0.2) is 0 Å². The maximum Gasteiger partial charge on any atom is 0.295 e. The molecule has 6 heteroatoms. The van der Waals surface area contributed by atoms with E-state index in [4.69, 9.17) is 4.74 Å². The molecule has 1 unspecified atom stereocenters. The van der Waals surface area contributed by atoms with Crippen LogP contribution < -0.4 is 9.64 Å². The molecule has 2 aromatic rings. The number of nitrogens with zero attached hydrogens (tertiary/aromatic N) is 2. The van der Waals surface area contributed by atoms with Gasteiger partial charge in [-0.1, -0.05) is 51.0 Å². The number of ketones is 1. The molecule has 1 N–H and O–H groups in total. The average Bonchev–Trinajstić information content (AvgIpc) is 3.44. The summed E-state index contributed by atoms with van der Waals surface area (Å²) in [6, 6.07) is 14.3. The minimum atomic E-state index is -0.625. The van der Waals surface area contributed by atoms with Crippen molar-refractivity contribution in [3.63, 3.8) is 0 Å². The smallest absolute Gasteiger partial charge is 0.295 e. The number of hydrogen-bond acceptors (Lipinski definition) is 5. The fraction of sp³-hybridized carbons (Fsp3) is 0.429. The van der Waals surface area contributed by atoms with Crippen LogP contribution in [0.1, 0.15) is 56.7 Å². The second-order valence-corrected chi connectivity index (χ2v) is 9.86. The fourth-order valence-corrected chi connectivity index (χ4v) is 4.84. The van der Waals surface area contributed by atoms with Crippen LogP contribution in [0.25, 0.3) is 5.76 Å². The van der Waals surface area contributed by atoms with Crippen molar-refractivity contribution >= 4 is 23.1 Å². The number of hydrogen-bond donors (Lipinski definition) is 1. The molecule has 1 aliphatic carbocycles. The number of likely N-dealkylation sites (tertiary alicyclic amines) is 1. The Kier molecular flexibility index (Phi) is 6.96. The Hall–Kier alpha value is -3.28. The van der Waals surface area contributed by atoms with Gasteiger partial charge in [-0.3, -0.25) is 9.59 Å². The first-order valence-corrected chi connectivity index (χ1v) is 12.1. The Morgan fingerprint density at radius 1 is 1.09 bits per heavy atom. The molecule has 2 fully saturated rings. The van der Waals surface area contributed by atoms with Gasteiger partial charge in [0.25, 0.3) is 11.7 Å². The Labute approximate surface area is 201 Å². The molecule has 1 heterocycles. The van der Waals surface area contributed by atoms with Crippen LogP contribution in [0.3, 0.4) is 0 Å². The molecule has 0 spiro atoms. The topological polar surface area (TPSA) is 70.1 Å². The predicted octanol–water partition coefficient (Wildman–Crippen LogP) is 5.15. The molecule has 6 nitrogen and oxygen atoms in total. The molecule has 2 aliphatic rings. The molecule has 1 amide bonds. The number of carbonyl (C=O) groups excluding carboxylic acids is 2. The molecule has 0 radical (unpaired) electrons. The minimum Gasteiger partial charge on any atom is -0.507 e. The molecule has 1 aliphatic heterocycles. The van der Waals surface area contributed by atoms with Crippen molar-refractivity contribution in [1.29, 1.82) is 0 Å². The zero-order chi connectivity index (χ0) is 24.4. The molecule has 1 saturated heterocycles. The molecule has 180 valence electrons. The van der Waals surface area contributed by atoms with E-state index in [1.54, 1.807) is 23.1 Å². The van der Waals surface area contributed by atoms with E-state index in [0.29, 0.717) is 23.8 Å². The van der Waals surface area contributed by atoms with E-state index in [-0.39, 0.29) is 17.4 Å². The summed E-state index contributed by atoms with van der Waals surface area (Å²) in [5.74, 6) is -0.328. The molecule has 4 rings (SSSR count). The number of aliphatic hydroxyl groups is 1. The molecule has 2 aromatic carbocycles. The summed E-state index contributed by atoms with van der Waals surface area (Å²) in [6.45, 7) is 4.68. The number of rotatable bonds is 7. The zero-order valence-corrected chi connectivity index (χ0v) is 20.5. The van der Waals surface area contributed by atoms with Crippen LogP contribution in [0.5, 0.6) is 5.75 Å². The number of amides is 1.